The Morgan fingerprint density at radius 1 is 1.27 bits per heavy atom. The fourth-order valence-corrected chi connectivity index (χ4v) is 3.87. The number of H-pyrrole nitrogens is 1. The van der Waals surface area contributed by atoms with Gasteiger partial charge in [0, 0.05) is 30.4 Å². The first-order valence-corrected chi connectivity index (χ1v) is 7.89. The summed E-state index contributed by atoms with van der Waals surface area (Å²) in [5, 5.41) is 13.5. The Labute approximate surface area is 129 Å². The summed E-state index contributed by atoms with van der Waals surface area (Å²) in [6.45, 7) is 1.93. The van der Waals surface area contributed by atoms with Crippen LogP contribution in [0.4, 0.5) is 0 Å². The Hall–Kier alpha value is -2.14. The second kappa shape index (κ2) is 5.25. The van der Waals surface area contributed by atoms with Crippen LogP contribution in [0.5, 0.6) is 0 Å². The molecule has 2 aliphatic rings. The molecule has 2 heterocycles. The van der Waals surface area contributed by atoms with Crippen LogP contribution in [0.1, 0.15) is 29.6 Å². The third kappa shape index (κ3) is 2.22. The lowest BCUT2D eigenvalue weighted by Gasteiger charge is -2.29. The minimum Gasteiger partial charge on any atom is -0.345 e. The smallest absolute Gasteiger partial charge is 0.251 e. The van der Waals surface area contributed by atoms with Crippen molar-refractivity contribution in [2.75, 3.05) is 13.1 Å². The molecule has 1 aliphatic heterocycles. The number of carbonyl (C=O) groups is 1. The van der Waals surface area contributed by atoms with Gasteiger partial charge in [0.25, 0.3) is 5.91 Å². The molecular weight excluding hydrogens is 276 g/mol. The highest BCUT2D eigenvalue weighted by Gasteiger charge is 2.47. The molecule has 4 rings (SSSR count). The van der Waals surface area contributed by atoms with E-state index in [2.05, 4.69) is 20.8 Å². The van der Waals surface area contributed by atoms with Gasteiger partial charge >= 0.3 is 0 Å². The summed E-state index contributed by atoms with van der Waals surface area (Å²) in [6, 6.07) is 7.72. The van der Waals surface area contributed by atoms with Crippen LogP contribution >= 0.6 is 0 Å². The minimum atomic E-state index is -0.0275. The van der Waals surface area contributed by atoms with Crippen molar-refractivity contribution in [1.29, 1.82) is 0 Å². The van der Waals surface area contributed by atoms with Crippen LogP contribution in [0.25, 0.3) is 11.1 Å². The van der Waals surface area contributed by atoms with E-state index in [9.17, 15) is 4.79 Å². The standard InChI is InChI=1S/C17H20N4O/c22-16(21-17-7-1-2-15(17)10-18-11-17)13-5-3-12(4-6-13)14-8-19-20-9-14/h3-6,8-9,15,18H,1-2,7,10-11H2,(H,19,20)(H,21,22)/t15-,17-/m0/s1. The number of hydrogen-bond donors (Lipinski definition) is 3. The summed E-state index contributed by atoms with van der Waals surface area (Å²) in [5.74, 6) is 0.621. The van der Waals surface area contributed by atoms with Gasteiger partial charge in [-0.3, -0.25) is 9.89 Å². The zero-order valence-electron chi connectivity index (χ0n) is 12.4. The first kappa shape index (κ1) is 13.5. The van der Waals surface area contributed by atoms with E-state index in [1.807, 2.05) is 30.5 Å². The van der Waals surface area contributed by atoms with Crippen molar-refractivity contribution in [2.24, 2.45) is 5.92 Å². The maximum atomic E-state index is 12.6. The monoisotopic (exact) mass is 296 g/mol. The lowest BCUT2D eigenvalue weighted by atomic mass is 9.90. The molecule has 2 aromatic rings. The second-order valence-electron chi connectivity index (χ2n) is 6.39. The van der Waals surface area contributed by atoms with Crippen molar-refractivity contribution >= 4 is 5.91 Å². The number of aromatic nitrogens is 2. The maximum Gasteiger partial charge on any atom is 0.251 e. The number of amides is 1. The molecule has 5 heteroatoms. The van der Waals surface area contributed by atoms with Crippen LogP contribution in [-0.4, -0.2) is 34.7 Å². The molecule has 1 saturated carbocycles. The van der Waals surface area contributed by atoms with Crippen molar-refractivity contribution in [1.82, 2.24) is 20.8 Å². The topological polar surface area (TPSA) is 69.8 Å². The van der Waals surface area contributed by atoms with Crippen LogP contribution in [0, 0.1) is 5.92 Å². The molecular formula is C17H20N4O. The number of fused-ring (bicyclic) bond motifs is 1. The Morgan fingerprint density at radius 3 is 2.91 bits per heavy atom. The van der Waals surface area contributed by atoms with E-state index >= 15 is 0 Å². The van der Waals surface area contributed by atoms with Crippen LogP contribution in [0.15, 0.2) is 36.7 Å². The lowest BCUT2D eigenvalue weighted by Crippen LogP contribution is -2.51. The normalized spacial score (nSPS) is 26.8. The fraction of sp³-hybridized carbons (Fsp3) is 0.412. The highest BCUT2D eigenvalue weighted by atomic mass is 16.1. The van der Waals surface area contributed by atoms with Gasteiger partial charge in [-0.15, -0.1) is 0 Å². The Morgan fingerprint density at radius 2 is 2.14 bits per heavy atom. The number of nitrogens with zero attached hydrogens (tertiary/aromatic N) is 1. The molecule has 1 aromatic heterocycles. The van der Waals surface area contributed by atoms with Crippen molar-refractivity contribution < 1.29 is 4.79 Å². The lowest BCUT2D eigenvalue weighted by molar-refractivity contribution is 0.0894. The molecule has 3 N–H and O–H groups in total. The third-order valence-electron chi connectivity index (χ3n) is 5.13. The summed E-state index contributed by atoms with van der Waals surface area (Å²) in [7, 11) is 0. The second-order valence-corrected chi connectivity index (χ2v) is 6.39. The van der Waals surface area contributed by atoms with E-state index in [1.165, 1.54) is 12.8 Å². The Balaban J connectivity index is 1.51. The fourth-order valence-electron chi connectivity index (χ4n) is 3.87. The predicted molar refractivity (Wildman–Crippen MR) is 84.4 cm³/mol. The highest BCUT2D eigenvalue weighted by Crippen LogP contribution is 2.38. The third-order valence-corrected chi connectivity index (χ3v) is 5.13. The van der Waals surface area contributed by atoms with Gasteiger partial charge in [-0.05, 0) is 36.5 Å². The largest absolute Gasteiger partial charge is 0.345 e. The number of benzene rings is 1. The van der Waals surface area contributed by atoms with E-state index in [0.29, 0.717) is 5.92 Å². The number of carbonyl (C=O) groups excluding carboxylic acids is 1. The van der Waals surface area contributed by atoms with Crippen LogP contribution in [-0.2, 0) is 0 Å². The van der Waals surface area contributed by atoms with E-state index in [0.717, 1.165) is 36.2 Å². The zero-order valence-corrected chi connectivity index (χ0v) is 12.4. The van der Waals surface area contributed by atoms with E-state index in [4.69, 9.17) is 0 Å². The van der Waals surface area contributed by atoms with Gasteiger partial charge < -0.3 is 10.6 Å². The van der Waals surface area contributed by atoms with E-state index in [1.54, 1.807) is 6.20 Å². The van der Waals surface area contributed by atoms with Crippen molar-refractivity contribution in [2.45, 2.75) is 24.8 Å². The van der Waals surface area contributed by atoms with Gasteiger partial charge in [-0.2, -0.15) is 5.10 Å². The number of rotatable bonds is 3. The number of hydrogen-bond acceptors (Lipinski definition) is 3. The van der Waals surface area contributed by atoms with Gasteiger partial charge in [0.05, 0.1) is 11.7 Å². The SMILES string of the molecule is O=C(N[C@]12CCC[C@H]1CNC2)c1ccc(-c2cn[nH]c2)cc1. The zero-order chi connectivity index (χ0) is 15.0. The van der Waals surface area contributed by atoms with Gasteiger partial charge in [-0.25, -0.2) is 0 Å². The Kier molecular flexibility index (Phi) is 3.22. The molecule has 0 spiro atoms. The van der Waals surface area contributed by atoms with Crippen LogP contribution < -0.4 is 10.6 Å². The molecule has 0 radical (unpaired) electrons. The summed E-state index contributed by atoms with van der Waals surface area (Å²) in [5.41, 5.74) is 2.78. The molecule has 1 saturated heterocycles. The summed E-state index contributed by atoms with van der Waals surface area (Å²) in [6.07, 6.45) is 7.14. The van der Waals surface area contributed by atoms with Gasteiger partial charge in [-0.1, -0.05) is 18.6 Å². The Bertz CT molecular complexity index is 652. The molecule has 2 fully saturated rings. The van der Waals surface area contributed by atoms with Crippen molar-refractivity contribution in [3.05, 3.63) is 42.2 Å². The molecule has 0 bridgehead atoms. The summed E-state index contributed by atoms with van der Waals surface area (Å²) in [4.78, 5) is 12.6. The quantitative estimate of drug-likeness (QED) is 0.811. The van der Waals surface area contributed by atoms with Gasteiger partial charge in [0.2, 0.25) is 0 Å². The molecule has 1 aliphatic carbocycles. The summed E-state index contributed by atoms with van der Waals surface area (Å²) < 4.78 is 0. The van der Waals surface area contributed by atoms with E-state index in [-0.39, 0.29) is 11.4 Å². The van der Waals surface area contributed by atoms with Crippen molar-refractivity contribution in [3.63, 3.8) is 0 Å². The van der Waals surface area contributed by atoms with Gasteiger partial charge in [0.15, 0.2) is 0 Å². The number of nitrogens with one attached hydrogen (secondary N) is 3. The molecule has 1 amide bonds. The molecule has 1 aromatic carbocycles. The average molecular weight is 296 g/mol. The number of aromatic amines is 1. The first-order chi connectivity index (χ1) is 10.8. The molecule has 2 atom stereocenters. The predicted octanol–water partition coefficient (Wildman–Crippen LogP) is 1.95. The van der Waals surface area contributed by atoms with Crippen LogP contribution in [0.3, 0.4) is 0 Å². The molecule has 22 heavy (non-hydrogen) atoms. The molecule has 5 nitrogen and oxygen atoms in total. The molecule has 114 valence electrons. The maximum absolute atomic E-state index is 12.6. The first-order valence-electron chi connectivity index (χ1n) is 7.89. The van der Waals surface area contributed by atoms with Crippen molar-refractivity contribution in [3.8, 4) is 11.1 Å². The highest BCUT2D eigenvalue weighted by molar-refractivity contribution is 5.95. The average Bonchev–Trinajstić information content (AvgIpc) is 3.23. The van der Waals surface area contributed by atoms with Gasteiger partial charge in [0.1, 0.15) is 0 Å². The summed E-state index contributed by atoms with van der Waals surface area (Å²) >= 11 is 0. The van der Waals surface area contributed by atoms with Crippen LogP contribution in [0.2, 0.25) is 0 Å². The minimum absolute atomic E-state index is 0.0275. The van der Waals surface area contributed by atoms with E-state index < -0.39 is 0 Å². The molecule has 0 unspecified atom stereocenters.